The maximum atomic E-state index is 11.0. The molecule has 0 aromatic carbocycles. The van der Waals surface area contributed by atoms with Gasteiger partial charge in [0.2, 0.25) is 0 Å². The van der Waals surface area contributed by atoms with Crippen molar-refractivity contribution >= 4 is 15.9 Å². The molecule has 6 nitrogen and oxygen atoms in total. The van der Waals surface area contributed by atoms with Gasteiger partial charge in [0.25, 0.3) is 0 Å². The molecule has 0 saturated carbocycles. The third-order valence-corrected chi connectivity index (χ3v) is 3.09. The van der Waals surface area contributed by atoms with E-state index >= 15 is 0 Å². The average Bonchev–Trinajstić information content (AvgIpc) is 2.26. The second kappa shape index (κ2) is 4.80. The number of amides is 1. The van der Waals surface area contributed by atoms with E-state index in [4.69, 9.17) is 9.84 Å². The summed E-state index contributed by atoms with van der Waals surface area (Å²) in [6.45, 7) is 0.933. The Balaban J connectivity index is 2.61. The third-order valence-electron chi connectivity index (χ3n) is 2.11. The summed E-state index contributed by atoms with van der Waals surface area (Å²) in [5, 5.41) is 8.80. The van der Waals surface area contributed by atoms with Gasteiger partial charge < -0.3 is 14.7 Å². The number of sulfone groups is 1. The summed E-state index contributed by atoms with van der Waals surface area (Å²) in [6.07, 6.45) is 0.149. The Morgan fingerprint density at radius 1 is 1.60 bits per heavy atom. The number of carbonyl (C=O) groups is 1. The summed E-state index contributed by atoms with van der Waals surface area (Å²) in [5.74, 6) is -0.128. The first-order valence-corrected chi connectivity index (χ1v) is 6.72. The highest BCUT2D eigenvalue weighted by atomic mass is 32.2. The van der Waals surface area contributed by atoms with Gasteiger partial charge in [-0.15, -0.1) is 0 Å². The molecule has 0 aromatic heterocycles. The van der Waals surface area contributed by atoms with Crippen molar-refractivity contribution in [2.45, 2.75) is 12.5 Å². The summed E-state index contributed by atoms with van der Waals surface area (Å²) in [6, 6.07) is 0. The van der Waals surface area contributed by atoms with Crippen LogP contribution in [-0.4, -0.2) is 62.3 Å². The highest BCUT2D eigenvalue weighted by Crippen LogP contribution is 2.08. The summed E-state index contributed by atoms with van der Waals surface area (Å²) >= 11 is 0. The van der Waals surface area contributed by atoms with E-state index in [0.717, 1.165) is 6.26 Å². The molecule has 1 heterocycles. The van der Waals surface area contributed by atoms with Crippen molar-refractivity contribution in [3.05, 3.63) is 0 Å². The van der Waals surface area contributed by atoms with Crippen molar-refractivity contribution in [3.8, 4) is 0 Å². The van der Waals surface area contributed by atoms with Crippen LogP contribution in [0.4, 0.5) is 4.79 Å². The summed E-state index contributed by atoms with van der Waals surface area (Å²) in [4.78, 5) is 11.9. The first kappa shape index (κ1) is 12.3. The molecule has 0 aromatic rings. The average molecular weight is 237 g/mol. The maximum absolute atomic E-state index is 11.0. The highest BCUT2D eigenvalue weighted by Gasteiger charge is 2.24. The predicted octanol–water partition coefficient (Wildman–Crippen LogP) is -0.200. The third kappa shape index (κ3) is 4.48. The number of carboxylic acid groups (broad SMARTS) is 1. The molecule has 1 rings (SSSR count). The van der Waals surface area contributed by atoms with E-state index in [0.29, 0.717) is 19.6 Å². The van der Waals surface area contributed by atoms with Crippen LogP contribution in [0.3, 0.4) is 0 Å². The van der Waals surface area contributed by atoms with E-state index in [1.165, 1.54) is 4.90 Å². The zero-order chi connectivity index (χ0) is 11.5. The van der Waals surface area contributed by atoms with Crippen LogP contribution in [0.15, 0.2) is 0 Å². The molecular weight excluding hydrogens is 222 g/mol. The first-order chi connectivity index (χ1) is 6.88. The van der Waals surface area contributed by atoms with E-state index in [9.17, 15) is 13.2 Å². The Hall–Kier alpha value is -0.820. The molecule has 15 heavy (non-hydrogen) atoms. The Labute approximate surface area is 88.7 Å². The van der Waals surface area contributed by atoms with Gasteiger partial charge in [-0.1, -0.05) is 0 Å². The van der Waals surface area contributed by atoms with E-state index < -0.39 is 22.0 Å². The van der Waals surface area contributed by atoms with E-state index in [-0.39, 0.29) is 12.3 Å². The molecule has 1 amide bonds. The van der Waals surface area contributed by atoms with Gasteiger partial charge in [0, 0.05) is 19.4 Å². The van der Waals surface area contributed by atoms with Gasteiger partial charge in [-0.2, -0.15) is 0 Å². The molecule has 7 heteroatoms. The van der Waals surface area contributed by atoms with Crippen LogP contribution in [-0.2, 0) is 14.6 Å². The van der Waals surface area contributed by atoms with Gasteiger partial charge in [-0.25, -0.2) is 13.2 Å². The lowest BCUT2D eigenvalue weighted by atomic mass is 10.3. The minimum absolute atomic E-state index is 0.127. The maximum Gasteiger partial charge on any atom is 0.407 e. The lowest BCUT2D eigenvalue weighted by Gasteiger charge is -2.20. The highest BCUT2D eigenvalue weighted by molar-refractivity contribution is 7.90. The largest absolute Gasteiger partial charge is 0.465 e. The Kier molecular flexibility index (Phi) is 3.92. The minimum Gasteiger partial charge on any atom is -0.465 e. The molecule has 1 atom stereocenters. The number of nitrogens with zero attached hydrogens (tertiary/aromatic N) is 1. The van der Waals surface area contributed by atoms with Crippen molar-refractivity contribution in [3.63, 3.8) is 0 Å². The van der Waals surface area contributed by atoms with Gasteiger partial charge in [-0.3, -0.25) is 0 Å². The van der Waals surface area contributed by atoms with Crippen molar-refractivity contribution < 1.29 is 23.1 Å². The lowest BCUT2D eigenvalue weighted by Crippen LogP contribution is -2.38. The molecule has 0 radical (unpaired) electrons. The SMILES string of the molecule is CS(=O)(=O)CC1CN(C(=O)O)CCCO1. The fourth-order valence-electron chi connectivity index (χ4n) is 1.51. The van der Waals surface area contributed by atoms with Crippen LogP contribution < -0.4 is 0 Å². The fraction of sp³-hybridized carbons (Fsp3) is 0.875. The Morgan fingerprint density at radius 3 is 2.80 bits per heavy atom. The normalized spacial score (nSPS) is 23.5. The zero-order valence-electron chi connectivity index (χ0n) is 8.55. The molecular formula is C8H15NO5S. The number of hydrogen-bond acceptors (Lipinski definition) is 4. The molecule has 0 spiro atoms. The van der Waals surface area contributed by atoms with Crippen LogP contribution in [0.1, 0.15) is 6.42 Å². The number of ether oxygens (including phenoxy) is 1. The lowest BCUT2D eigenvalue weighted by molar-refractivity contribution is 0.0684. The monoisotopic (exact) mass is 237 g/mol. The number of hydrogen-bond donors (Lipinski definition) is 1. The molecule has 88 valence electrons. The second-order valence-electron chi connectivity index (χ2n) is 3.67. The van der Waals surface area contributed by atoms with E-state index in [1.54, 1.807) is 0 Å². The molecule has 0 aliphatic carbocycles. The van der Waals surface area contributed by atoms with Gasteiger partial charge in [-0.05, 0) is 6.42 Å². The van der Waals surface area contributed by atoms with Crippen molar-refractivity contribution in [1.82, 2.24) is 4.90 Å². The topological polar surface area (TPSA) is 83.9 Å². The molecule has 0 bridgehead atoms. The summed E-state index contributed by atoms with van der Waals surface area (Å²) < 4.78 is 27.4. The summed E-state index contributed by atoms with van der Waals surface area (Å²) in [7, 11) is -3.13. The van der Waals surface area contributed by atoms with Crippen molar-refractivity contribution in [2.75, 3.05) is 31.7 Å². The first-order valence-electron chi connectivity index (χ1n) is 4.65. The minimum atomic E-state index is -3.13. The van der Waals surface area contributed by atoms with Crippen molar-refractivity contribution in [1.29, 1.82) is 0 Å². The molecule has 1 N–H and O–H groups in total. The van der Waals surface area contributed by atoms with E-state index in [2.05, 4.69) is 0 Å². The Bertz CT molecular complexity index is 326. The molecule has 1 unspecified atom stereocenters. The quantitative estimate of drug-likeness (QED) is 0.719. The second-order valence-corrected chi connectivity index (χ2v) is 5.85. The number of rotatable bonds is 2. The Morgan fingerprint density at radius 2 is 2.27 bits per heavy atom. The van der Waals surface area contributed by atoms with Gasteiger partial charge in [0.05, 0.1) is 18.4 Å². The molecule has 1 aliphatic heterocycles. The fourth-order valence-corrected chi connectivity index (χ4v) is 2.38. The standard InChI is InChI=1S/C8H15NO5S/c1-15(12,13)6-7-5-9(8(10)11)3-2-4-14-7/h7H,2-6H2,1H3,(H,10,11). The van der Waals surface area contributed by atoms with Gasteiger partial charge >= 0.3 is 6.09 Å². The van der Waals surface area contributed by atoms with Crippen LogP contribution in [0.2, 0.25) is 0 Å². The molecule has 1 fully saturated rings. The van der Waals surface area contributed by atoms with Gasteiger partial charge in [0.1, 0.15) is 9.84 Å². The predicted molar refractivity (Wildman–Crippen MR) is 53.7 cm³/mol. The summed E-state index contributed by atoms with van der Waals surface area (Å²) in [5.41, 5.74) is 0. The zero-order valence-corrected chi connectivity index (χ0v) is 9.37. The van der Waals surface area contributed by atoms with Crippen LogP contribution in [0.25, 0.3) is 0 Å². The van der Waals surface area contributed by atoms with Crippen LogP contribution >= 0.6 is 0 Å². The van der Waals surface area contributed by atoms with E-state index in [1.807, 2.05) is 0 Å². The molecule has 1 saturated heterocycles. The van der Waals surface area contributed by atoms with Gasteiger partial charge in [0.15, 0.2) is 0 Å². The smallest absolute Gasteiger partial charge is 0.407 e. The van der Waals surface area contributed by atoms with Crippen LogP contribution in [0, 0.1) is 0 Å². The molecule has 1 aliphatic rings. The van der Waals surface area contributed by atoms with Crippen LogP contribution in [0.5, 0.6) is 0 Å². The van der Waals surface area contributed by atoms with Crippen molar-refractivity contribution in [2.24, 2.45) is 0 Å².